The van der Waals surface area contributed by atoms with Gasteiger partial charge in [-0.2, -0.15) is 5.26 Å². The third-order valence-electron chi connectivity index (χ3n) is 3.69. The van der Waals surface area contributed by atoms with Crippen LogP contribution in [-0.4, -0.2) is 7.85 Å². The number of hydrogen-bond acceptors (Lipinski definition) is 1. The van der Waals surface area contributed by atoms with Crippen molar-refractivity contribution in [1.82, 2.24) is 0 Å². The second-order valence-electron chi connectivity index (χ2n) is 5.22. The molecule has 23 heavy (non-hydrogen) atoms. The number of benzene rings is 3. The van der Waals surface area contributed by atoms with E-state index in [0.717, 1.165) is 22.3 Å². The van der Waals surface area contributed by atoms with Crippen LogP contribution in [-0.2, 0) is 0 Å². The lowest BCUT2D eigenvalue weighted by Crippen LogP contribution is -2.01. The number of allylic oxidation sites excluding steroid dienone is 1. The zero-order valence-electron chi connectivity index (χ0n) is 12.6. The standard InChI is InChI=1S/C21H14BN/c22-19-13-11-16(12-14-19)20(15-23)21(17-7-3-1-4-8-17)18-9-5-2-6-10-18/h1-14H. The second-order valence-corrected chi connectivity index (χ2v) is 5.22. The first kappa shape index (κ1) is 14.9. The Labute approximate surface area is 137 Å². The van der Waals surface area contributed by atoms with Gasteiger partial charge in [-0.05, 0) is 16.7 Å². The maximum absolute atomic E-state index is 9.80. The molecule has 0 aromatic heterocycles. The van der Waals surface area contributed by atoms with Crippen LogP contribution < -0.4 is 5.46 Å². The summed E-state index contributed by atoms with van der Waals surface area (Å²) < 4.78 is 0. The summed E-state index contributed by atoms with van der Waals surface area (Å²) in [6.45, 7) is 0. The molecule has 3 aromatic carbocycles. The van der Waals surface area contributed by atoms with Gasteiger partial charge in [0.2, 0.25) is 0 Å². The first-order valence-electron chi connectivity index (χ1n) is 7.41. The highest BCUT2D eigenvalue weighted by Gasteiger charge is 2.13. The number of nitriles is 1. The summed E-state index contributed by atoms with van der Waals surface area (Å²) in [6, 6.07) is 29.8. The minimum Gasteiger partial charge on any atom is -0.192 e. The monoisotopic (exact) mass is 291 g/mol. The summed E-state index contributed by atoms with van der Waals surface area (Å²) in [5.74, 6) is 0. The van der Waals surface area contributed by atoms with Gasteiger partial charge in [-0.1, -0.05) is 90.4 Å². The predicted molar refractivity (Wildman–Crippen MR) is 96.2 cm³/mol. The van der Waals surface area contributed by atoms with E-state index >= 15 is 0 Å². The van der Waals surface area contributed by atoms with Crippen molar-refractivity contribution >= 4 is 24.5 Å². The Hall–Kier alpha value is -3.05. The molecule has 2 heteroatoms. The SMILES string of the molecule is [B]c1ccc(C(C#N)=C(c2ccccc2)c2ccccc2)cc1. The van der Waals surface area contributed by atoms with Crippen molar-refractivity contribution in [2.75, 3.05) is 0 Å². The van der Waals surface area contributed by atoms with Crippen LogP contribution in [0.15, 0.2) is 84.9 Å². The van der Waals surface area contributed by atoms with Crippen LogP contribution in [0.4, 0.5) is 0 Å². The first-order valence-corrected chi connectivity index (χ1v) is 7.41. The fourth-order valence-corrected chi connectivity index (χ4v) is 2.58. The van der Waals surface area contributed by atoms with E-state index in [2.05, 4.69) is 6.07 Å². The fourth-order valence-electron chi connectivity index (χ4n) is 2.58. The number of hydrogen-bond donors (Lipinski definition) is 0. The lowest BCUT2D eigenvalue weighted by molar-refractivity contribution is 1.50. The summed E-state index contributed by atoms with van der Waals surface area (Å²) in [5.41, 5.74) is 5.16. The molecule has 0 atom stereocenters. The zero-order chi connectivity index (χ0) is 16.1. The second kappa shape index (κ2) is 6.81. The molecule has 0 unspecified atom stereocenters. The third kappa shape index (κ3) is 3.25. The Morgan fingerprint density at radius 2 is 1.13 bits per heavy atom. The molecule has 0 amide bonds. The Kier molecular flexibility index (Phi) is 4.40. The largest absolute Gasteiger partial charge is 0.192 e. The van der Waals surface area contributed by atoms with Gasteiger partial charge in [-0.15, -0.1) is 0 Å². The van der Waals surface area contributed by atoms with Crippen molar-refractivity contribution in [1.29, 1.82) is 5.26 Å². The number of nitrogens with zero attached hydrogens (tertiary/aromatic N) is 1. The van der Waals surface area contributed by atoms with Crippen molar-refractivity contribution < 1.29 is 0 Å². The highest BCUT2D eigenvalue weighted by molar-refractivity contribution is 6.32. The minimum absolute atomic E-state index is 0.641. The summed E-state index contributed by atoms with van der Waals surface area (Å²) in [7, 11) is 5.77. The van der Waals surface area contributed by atoms with E-state index in [1.807, 2.05) is 84.9 Å². The van der Waals surface area contributed by atoms with Crippen LogP contribution in [0.25, 0.3) is 11.1 Å². The molecule has 3 rings (SSSR count). The molecule has 0 bridgehead atoms. The lowest BCUT2D eigenvalue weighted by Gasteiger charge is -2.12. The quantitative estimate of drug-likeness (QED) is 0.407. The Bertz CT molecular complexity index is 816. The molecule has 0 spiro atoms. The average Bonchev–Trinajstić information content (AvgIpc) is 2.62. The molecule has 0 heterocycles. The summed E-state index contributed by atoms with van der Waals surface area (Å²) in [4.78, 5) is 0. The molecule has 0 N–H and O–H groups in total. The van der Waals surface area contributed by atoms with Crippen LogP contribution in [0, 0.1) is 11.3 Å². The van der Waals surface area contributed by atoms with Crippen molar-refractivity contribution in [3.8, 4) is 6.07 Å². The van der Waals surface area contributed by atoms with E-state index in [-0.39, 0.29) is 0 Å². The van der Waals surface area contributed by atoms with Crippen LogP contribution in [0.2, 0.25) is 0 Å². The fraction of sp³-hybridized carbons (Fsp3) is 0. The molecule has 2 radical (unpaired) electrons. The Balaban J connectivity index is 2.28. The van der Waals surface area contributed by atoms with Crippen molar-refractivity contribution in [3.63, 3.8) is 0 Å². The topological polar surface area (TPSA) is 23.8 Å². The lowest BCUT2D eigenvalue weighted by atomic mass is 9.88. The molecule has 1 nitrogen and oxygen atoms in total. The van der Waals surface area contributed by atoms with Gasteiger partial charge in [0, 0.05) is 5.57 Å². The van der Waals surface area contributed by atoms with Crippen molar-refractivity contribution in [3.05, 3.63) is 102 Å². The van der Waals surface area contributed by atoms with E-state index < -0.39 is 0 Å². The molecule has 0 aliphatic heterocycles. The summed E-state index contributed by atoms with van der Waals surface area (Å²) in [5, 5.41) is 9.80. The van der Waals surface area contributed by atoms with Gasteiger partial charge < -0.3 is 0 Å². The molecule has 0 aliphatic rings. The van der Waals surface area contributed by atoms with Gasteiger partial charge in [0.05, 0.1) is 5.57 Å². The first-order chi connectivity index (χ1) is 11.3. The van der Waals surface area contributed by atoms with Crippen LogP contribution in [0.3, 0.4) is 0 Å². The molecule has 0 saturated heterocycles. The molecular weight excluding hydrogens is 277 g/mol. The van der Waals surface area contributed by atoms with E-state index in [0.29, 0.717) is 11.0 Å². The molecule has 0 aliphatic carbocycles. The van der Waals surface area contributed by atoms with E-state index in [4.69, 9.17) is 7.85 Å². The Morgan fingerprint density at radius 1 is 0.652 bits per heavy atom. The predicted octanol–water partition coefficient (Wildman–Crippen LogP) is 3.96. The Morgan fingerprint density at radius 3 is 1.57 bits per heavy atom. The third-order valence-corrected chi connectivity index (χ3v) is 3.69. The van der Waals surface area contributed by atoms with E-state index in [1.54, 1.807) is 0 Å². The van der Waals surface area contributed by atoms with Gasteiger partial charge in [0.25, 0.3) is 0 Å². The molecule has 0 fully saturated rings. The maximum atomic E-state index is 9.80. The smallest absolute Gasteiger partial charge is 0.113 e. The van der Waals surface area contributed by atoms with Gasteiger partial charge in [-0.3, -0.25) is 0 Å². The van der Waals surface area contributed by atoms with Gasteiger partial charge >= 0.3 is 0 Å². The van der Waals surface area contributed by atoms with Gasteiger partial charge in [0.1, 0.15) is 13.9 Å². The zero-order valence-corrected chi connectivity index (χ0v) is 12.6. The molecule has 0 saturated carbocycles. The van der Waals surface area contributed by atoms with Gasteiger partial charge in [-0.25, -0.2) is 0 Å². The van der Waals surface area contributed by atoms with Crippen molar-refractivity contribution in [2.45, 2.75) is 0 Å². The molecule has 106 valence electrons. The van der Waals surface area contributed by atoms with E-state index in [9.17, 15) is 5.26 Å². The molecular formula is C21H14BN. The van der Waals surface area contributed by atoms with Crippen LogP contribution >= 0.6 is 0 Å². The van der Waals surface area contributed by atoms with Crippen molar-refractivity contribution in [2.24, 2.45) is 0 Å². The molecule has 3 aromatic rings. The average molecular weight is 291 g/mol. The highest BCUT2D eigenvalue weighted by Crippen LogP contribution is 2.31. The normalized spacial score (nSPS) is 9.87. The van der Waals surface area contributed by atoms with E-state index in [1.165, 1.54) is 0 Å². The minimum atomic E-state index is 0.641. The maximum Gasteiger partial charge on any atom is 0.113 e. The van der Waals surface area contributed by atoms with Crippen LogP contribution in [0.5, 0.6) is 0 Å². The highest BCUT2D eigenvalue weighted by atomic mass is 14.3. The van der Waals surface area contributed by atoms with Crippen LogP contribution in [0.1, 0.15) is 16.7 Å². The number of rotatable bonds is 3. The summed E-state index contributed by atoms with van der Waals surface area (Å²) in [6.07, 6.45) is 0. The van der Waals surface area contributed by atoms with Gasteiger partial charge in [0.15, 0.2) is 0 Å². The summed E-state index contributed by atoms with van der Waals surface area (Å²) >= 11 is 0.